The van der Waals surface area contributed by atoms with E-state index in [0.717, 1.165) is 11.1 Å². The first-order chi connectivity index (χ1) is 8.67. The van der Waals surface area contributed by atoms with Crippen LogP contribution >= 0.6 is 0 Å². The Bertz CT molecular complexity index is 394. The summed E-state index contributed by atoms with van der Waals surface area (Å²) in [5.74, 6) is 0. The van der Waals surface area contributed by atoms with E-state index in [1.165, 1.54) is 0 Å². The molecule has 1 aromatic carbocycles. The van der Waals surface area contributed by atoms with Crippen LogP contribution in [0.25, 0.3) is 6.08 Å². The van der Waals surface area contributed by atoms with Crippen molar-refractivity contribution in [1.82, 2.24) is 4.90 Å². The van der Waals surface area contributed by atoms with Gasteiger partial charge in [0.25, 0.3) is 0 Å². The van der Waals surface area contributed by atoms with Crippen LogP contribution in [0.1, 0.15) is 26.3 Å². The summed E-state index contributed by atoms with van der Waals surface area (Å²) in [7, 11) is 0. The molecule has 0 saturated heterocycles. The molecule has 0 heterocycles. The number of carbonyl (C=O) groups excluding carboxylic acids is 1. The lowest BCUT2D eigenvalue weighted by Crippen LogP contribution is -2.31. The molecule has 1 aromatic rings. The molecule has 0 fully saturated rings. The average molecular weight is 247 g/mol. The summed E-state index contributed by atoms with van der Waals surface area (Å²) in [4.78, 5) is 13.3. The van der Waals surface area contributed by atoms with E-state index in [1.54, 1.807) is 4.90 Å². The monoisotopic (exact) mass is 247 g/mol. The Labute approximate surface area is 109 Å². The minimum Gasteiger partial charge on any atom is -0.445 e. The largest absolute Gasteiger partial charge is 0.445 e. The third kappa shape index (κ3) is 4.62. The number of benzene rings is 1. The Kier molecular flexibility index (Phi) is 5.98. The zero-order valence-corrected chi connectivity index (χ0v) is 11.3. The van der Waals surface area contributed by atoms with Crippen molar-refractivity contribution in [3.05, 3.63) is 41.5 Å². The van der Waals surface area contributed by atoms with Gasteiger partial charge in [-0.2, -0.15) is 0 Å². The van der Waals surface area contributed by atoms with Gasteiger partial charge in [-0.3, -0.25) is 0 Å². The van der Waals surface area contributed by atoms with E-state index in [-0.39, 0.29) is 6.09 Å². The van der Waals surface area contributed by atoms with Crippen LogP contribution in [-0.2, 0) is 4.74 Å². The molecule has 0 N–H and O–H groups in total. The van der Waals surface area contributed by atoms with Crippen LogP contribution in [0.3, 0.4) is 0 Å². The number of rotatable bonds is 5. The van der Waals surface area contributed by atoms with Crippen molar-refractivity contribution in [3.63, 3.8) is 0 Å². The van der Waals surface area contributed by atoms with Crippen molar-refractivity contribution >= 4 is 12.2 Å². The van der Waals surface area contributed by atoms with Crippen LogP contribution in [0.5, 0.6) is 0 Å². The summed E-state index contributed by atoms with van der Waals surface area (Å²) in [6, 6.07) is 10.0. The van der Waals surface area contributed by atoms with Gasteiger partial charge in [-0.15, -0.1) is 0 Å². The van der Waals surface area contributed by atoms with E-state index in [9.17, 15) is 4.79 Å². The summed E-state index contributed by atoms with van der Waals surface area (Å²) in [5, 5.41) is 0. The molecule has 3 heteroatoms. The second-order valence-electron chi connectivity index (χ2n) is 4.13. The van der Waals surface area contributed by atoms with Gasteiger partial charge in [0, 0.05) is 13.1 Å². The van der Waals surface area contributed by atoms with E-state index in [0.29, 0.717) is 19.7 Å². The lowest BCUT2D eigenvalue weighted by atomic mass is 10.1. The van der Waals surface area contributed by atoms with Crippen LogP contribution in [0, 0.1) is 0 Å². The zero-order chi connectivity index (χ0) is 13.4. The number of amides is 1. The fourth-order valence-electron chi connectivity index (χ4n) is 1.62. The molecule has 0 unspecified atom stereocenters. The summed E-state index contributed by atoms with van der Waals surface area (Å²) in [6.45, 7) is 7.54. The molecule has 1 amide bonds. The SMILES string of the molecule is CCN(CC)C(=O)OC/C(C)=C/c1ccccc1. The summed E-state index contributed by atoms with van der Waals surface area (Å²) >= 11 is 0. The molecule has 0 saturated carbocycles. The lowest BCUT2D eigenvalue weighted by molar-refractivity contribution is 0.114. The normalized spacial score (nSPS) is 11.2. The van der Waals surface area contributed by atoms with Gasteiger partial charge in [0.05, 0.1) is 0 Å². The van der Waals surface area contributed by atoms with Crippen LogP contribution in [0.4, 0.5) is 4.79 Å². The molecular formula is C15H21NO2. The van der Waals surface area contributed by atoms with Crippen LogP contribution in [-0.4, -0.2) is 30.7 Å². The highest BCUT2D eigenvalue weighted by molar-refractivity contribution is 5.68. The van der Waals surface area contributed by atoms with Crippen LogP contribution in [0.15, 0.2) is 35.9 Å². The molecule has 1 rings (SSSR count). The van der Waals surface area contributed by atoms with Gasteiger partial charge in [-0.1, -0.05) is 36.4 Å². The molecule has 0 aliphatic carbocycles. The molecular weight excluding hydrogens is 226 g/mol. The minimum absolute atomic E-state index is 0.249. The minimum atomic E-state index is -0.249. The van der Waals surface area contributed by atoms with Gasteiger partial charge < -0.3 is 9.64 Å². The fraction of sp³-hybridized carbons (Fsp3) is 0.400. The van der Waals surface area contributed by atoms with Crippen molar-refractivity contribution in [1.29, 1.82) is 0 Å². The predicted octanol–water partition coefficient (Wildman–Crippen LogP) is 3.57. The Morgan fingerprint density at radius 2 is 1.83 bits per heavy atom. The summed E-state index contributed by atoms with van der Waals surface area (Å²) < 4.78 is 5.24. The Hall–Kier alpha value is -1.77. The zero-order valence-electron chi connectivity index (χ0n) is 11.3. The lowest BCUT2D eigenvalue weighted by Gasteiger charge is -2.18. The van der Waals surface area contributed by atoms with Gasteiger partial charge in [0.2, 0.25) is 0 Å². The van der Waals surface area contributed by atoms with E-state index < -0.39 is 0 Å². The van der Waals surface area contributed by atoms with Gasteiger partial charge in [0.15, 0.2) is 0 Å². The van der Waals surface area contributed by atoms with Crippen molar-refractivity contribution in [2.45, 2.75) is 20.8 Å². The second kappa shape index (κ2) is 7.54. The molecule has 0 atom stereocenters. The highest BCUT2D eigenvalue weighted by Crippen LogP contribution is 2.07. The molecule has 0 aliphatic rings. The Morgan fingerprint density at radius 3 is 2.39 bits per heavy atom. The topological polar surface area (TPSA) is 29.5 Å². The van der Waals surface area contributed by atoms with Crippen molar-refractivity contribution in [3.8, 4) is 0 Å². The van der Waals surface area contributed by atoms with E-state index in [1.807, 2.05) is 57.2 Å². The second-order valence-corrected chi connectivity index (χ2v) is 4.13. The smallest absolute Gasteiger partial charge is 0.410 e. The maximum absolute atomic E-state index is 11.6. The average Bonchev–Trinajstić information content (AvgIpc) is 2.39. The van der Waals surface area contributed by atoms with E-state index in [4.69, 9.17) is 4.74 Å². The molecule has 0 bridgehead atoms. The first kappa shape index (κ1) is 14.3. The third-order valence-electron chi connectivity index (χ3n) is 2.66. The maximum Gasteiger partial charge on any atom is 0.410 e. The quantitative estimate of drug-likeness (QED) is 0.796. The first-order valence-electron chi connectivity index (χ1n) is 6.31. The molecule has 0 aliphatic heterocycles. The third-order valence-corrected chi connectivity index (χ3v) is 2.66. The number of carbonyl (C=O) groups is 1. The van der Waals surface area contributed by atoms with Crippen molar-refractivity contribution < 1.29 is 9.53 Å². The van der Waals surface area contributed by atoms with Gasteiger partial charge in [0.1, 0.15) is 6.61 Å². The van der Waals surface area contributed by atoms with E-state index in [2.05, 4.69) is 0 Å². The highest BCUT2D eigenvalue weighted by atomic mass is 16.6. The van der Waals surface area contributed by atoms with Crippen LogP contribution < -0.4 is 0 Å². The van der Waals surface area contributed by atoms with Gasteiger partial charge in [-0.25, -0.2) is 4.79 Å². The Balaban J connectivity index is 2.48. The van der Waals surface area contributed by atoms with Crippen LogP contribution in [0.2, 0.25) is 0 Å². The Morgan fingerprint density at radius 1 is 1.22 bits per heavy atom. The molecule has 0 spiro atoms. The molecule has 0 radical (unpaired) electrons. The summed E-state index contributed by atoms with van der Waals surface area (Å²) in [5.41, 5.74) is 2.15. The number of hydrogen-bond donors (Lipinski definition) is 0. The van der Waals surface area contributed by atoms with E-state index >= 15 is 0 Å². The number of hydrogen-bond acceptors (Lipinski definition) is 2. The summed E-state index contributed by atoms with van der Waals surface area (Å²) in [6.07, 6.45) is 1.77. The van der Waals surface area contributed by atoms with Gasteiger partial charge >= 0.3 is 6.09 Å². The standard InChI is InChI=1S/C15H21NO2/c1-4-16(5-2)15(17)18-12-13(3)11-14-9-7-6-8-10-14/h6-11H,4-5,12H2,1-3H3/b13-11+. The first-order valence-corrected chi connectivity index (χ1v) is 6.31. The molecule has 3 nitrogen and oxygen atoms in total. The van der Waals surface area contributed by atoms with Crippen molar-refractivity contribution in [2.75, 3.05) is 19.7 Å². The maximum atomic E-state index is 11.6. The fourth-order valence-corrected chi connectivity index (χ4v) is 1.62. The molecule has 98 valence electrons. The number of ether oxygens (including phenoxy) is 1. The number of nitrogens with zero attached hydrogens (tertiary/aromatic N) is 1. The molecule has 18 heavy (non-hydrogen) atoms. The highest BCUT2D eigenvalue weighted by Gasteiger charge is 2.10. The van der Waals surface area contributed by atoms with Crippen molar-refractivity contribution in [2.24, 2.45) is 0 Å². The predicted molar refractivity (Wildman–Crippen MR) is 74.4 cm³/mol. The molecule has 0 aromatic heterocycles. The van der Waals surface area contributed by atoms with Gasteiger partial charge in [-0.05, 0) is 31.9 Å².